The van der Waals surface area contributed by atoms with Gasteiger partial charge in [0, 0.05) is 209 Å². The highest BCUT2D eigenvalue weighted by Gasteiger charge is 2.46. The summed E-state index contributed by atoms with van der Waals surface area (Å²) in [6.07, 6.45) is 4.27. The third-order valence-electron chi connectivity index (χ3n) is 22.7. The van der Waals surface area contributed by atoms with E-state index >= 15 is 0 Å². The van der Waals surface area contributed by atoms with E-state index in [4.69, 9.17) is 17.7 Å². The highest BCUT2D eigenvalue weighted by Crippen LogP contribution is 2.51. The molecule has 0 bridgehead atoms. The van der Waals surface area contributed by atoms with E-state index in [1.165, 1.54) is 182 Å². The van der Waals surface area contributed by atoms with Crippen LogP contribution in [0.3, 0.4) is 0 Å². The zero-order valence-electron chi connectivity index (χ0n) is 71.5. The molecule has 20 heterocycles. The minimum absolute atomic E-state index is 0.685. The summed E-state index contributed by atoms with van der Waals surface area (Å²) in [7, 11) is -10.2. The van der Waals surface area contributed by atoms with Gasteiger partial charge in [-0.25, -0.2) is 0 Å². The standard InChI is InChI=1S/C100H90O4S20Si4/c1-9-59-125(101-13-5,93-49-41-85(117-93)77-33-25-69(109-77)67-23-21-65(107-67)63-19-17-57-105-63)95-51-43-87(119-95)79-35-27-71(111-79)73-29-37-81(113-73)89-45-53-97(121-89)127(61-11-3,103-15-7)99-55-47-91(123-99)83-39-31-75(115-83)76-32-40-84(116-76)92-48-56-100(124-92)128(62-12-4,104-16-8)98-54-46-90(122-98)82-38-30-74(114-82)72-28-36-80(112-72)88-44-52-96(120-88)126(60-10-2,102-14-6)94-50-42-86(118-94)78-34-26-70(110-78)68-24-22-66(108-68)64-20-18-58-106-64/h17-58H,9-16,59-62H2,1-8H3. The van der Waals surface area contributed by atoms with E-state index in [1.54, 1.807) is 0 Å². The van der Waals surface area contributed by atoms with Crippen molar-refractivity contribution in [2.45, 2.75) is 105 Å². The van der Waals surface area contributed by atoms with Crippen LogP contribution in [0.4, 0.5) is 0 Å². The van der Waals surface area contributed by atoms with Crippen LogP contribution >= 0.6 is 227 Å². The van der Waals surface area contributed by atoms with E-state index in [0.717, 1.165) is 49.9 Å². The van der Waals surface area contributed by atoms with Crippen molar-refractivity contribution in [2.24, 2.45) is 0 Å². The Morgan fingerprint density at radius 3 is 0.398 bits per heavy atom. The first-order chi connectivity index (χ1) is 62.8. The Balaban J connectivity index is 0.488. The number of hydrogen-bond donors (Lipinski definition) is 0. The lowest BCUT2D eigenvalue weighted by Crippen LogP contribution is -2.58. The molecule has 20 rings (SSSR count). The maximum atomic E-state index is 7.22. The van der Waals surface area contributed by atoms with Gasteiger partial charge < -0.3 is 17.7 Å². The fourth-order valence-electron chi connectivity index (χ4n) is 17.1. The van der Waals surface area contributed by atoms with E-state index in [-0.39, 0.29) is 0 Å². The highest BCUT2D eigenvalue weighted by molar-refractivity contribution is 7.43. The number of thiophene rings is 20. The minimum Gasteiger partial charge on any atom is -0.407 e. The molecule has 128 heavy (non-hydrogen) atoms. The maximum Gasteiger partial charge on any atom is 0.275 e. The van der Waals surface area contributed by atoms with Gasteiger partial charge in [0.1, 0.15) is 0 Å². The zero-order valence-corrected chi connectivity index (χ0v) is 91.9. The fraction of sp³-hybridized carbons (Fsp3) is 0.200. The molecule has 0 aromatic carbocycles. The first-order valence-electron chi connectivity index (χ1n) is 43.3. The summed E-state index contributed by atoms with van der Waals surface area (Å²) in [5.74, 6) is 0. The monoisotopic (exact) mass is 2110 g/mol. The summed E-state index contributed by atoms with van der Waals surface area (Å²) in [6, 6.07) is 97.6. The molecule has 0 aliphatic heterocycles. The van der Waals surface area contributed by atoms with Gasteiger partial charge in [0.05, 0.1) is 0 Å². The topological polar surface area (TPSA) is 36.9 Å². The van der Waals surface area contributed by atoms with Crippen LogP contribution in [0.15, 0.2) is 253 Å². The van der Waals surface area contributed by atoms with Crippen molar-refractivity contribution in [3.05, 3.63) is 253 Å². The van der Waals surface area contributed by atoms with Gasteiger partial charge >= 0.3 is 0 Å². The quantitative estimate of drug-likeness (QED) is 0.0360. The molecule has 650 valence electrons. The molecule has 0 amide bonds. The second kappa shape index (κ2) is 39.9. The van der Waals surface area contributed by atoms with Gasteiger partial charge in [-0.15, -0.1) is 227 Å². The molecule has 4 unspecified atom stereocenters. The molecule has 4 nitrogen and oxygen atoms in total. The van der Waals surface area contributed by atoms with Crippen LogP contribution in [0.1, 0.15) is 81.1 Å². The molecule has 0 saturated heterocycles. The molecule has 0 radical (unpaired) electrons. The van der Waals surface area contributed by atoms with E-state index in [0.29, 0.717) is 26.4 Å². The molecule has 0 saturated carbocycles. The summed E-state index contributed by atoms with van der Waals surface area (Å²) >= 11 is 38.3. The summed E-state index contributed by atoms with van der Waals surface area (Å²) in [5, 5.41) is 4.32. The Morgan fingerprint density at radius 1 is 0.156 bits per heavy atom. The van der Waals surface area contributed by atoms with E-state index in [9.17, 15) is 0 Å². The first kappa shape index (κ1) is 90.5. The summed E-state index contributed by atoms with van der Waals surface area (Å²) < 4.78 is 40.0. The van der Waals surface area contributed by atoms with Crippen molar-refractivity contribution >= 4 is 296 Å². The molecule has 0 N–H and O–H groups in total. The molecular weight excluding hydrogens is 2020 g/mol. The van der Waals surface area contributed by atoms with Crippen molar-refractivity contribution in [1.82, 2.24) is 0 Å². The van der Waals surface area contributed by atoms with Gasteiger partial charge in [-0.2, -0.15) is 0 Å². The molecule has 0 aliphatic carbocycles. The summed E-state index contributed by atoms with van der Waals surface area (Å²) in [4.78, 5) is 39.7. The van der Waals surface area contributed by atoms with Crippen LogP contribution in [0.2, 0.25) is 24.2 Å². The largest absolute Gasteiger partial charge is 0.407 e. The Hall–Kier alpha value is -5.29. The van der Waals surface area contributed by atoms with Crippen LogP contribution in [0, 0.1) is 0 Å². The molecule has 0 aliphatic rings. The summed E-state index contributed by atoms with van der Waals surface area (Å²) in [5.41, 5.74) is 0. The van der Waals surface area contributed by atoms with Gasteiger partial charge in [-0.3, -0.25) is 0 Å². The van der Waals surface area contributed by atoms with Gasteiger partial charge in [-0.1, -0.05) is 65.5 Å². The zero-order chi connectivity index (χ0) is 87.1. The predicted molar refractivity (Wildman–Crippen MR) is 598 cm³/mol. The van der Waals surface area contributed by atoms with Crippen LogP contribution in [-0.2, 0) is 17.7 Å². The van der Waals surface area contributed by atoms with Crippen molar-refractivity contribution in [2.75, 3.05) is 26.4 Å². The second-order valence-electron chi connectivity index (χ2n) is 30.9. The van der Waals surface area contributed by atoms with E-state index in [1.807, 2.05) is 227 Å². The average molecular weight is 2110 g/mol. The third kappa shape index (κ3) is 17.9. The van der Waals surface area contributed by atoms with Crippen molar-refractivity contribution in [3.63, 3.8) is 0 Å². The number of rotatable bonds is 39. The first-order valence-corrected chi connectivity index (χ1v) is 68.2. The SMILES string of the molecule is CCC[Si](OCC)(c1ccc(-c2ccc(-c3ccc(-c4cccs4)s3)s2)s1)c1ccc(-c2ccc(-c3ccc(-c4ccc([Si](CCC)(OCC)c5ccc(-c6ccc(-c7ccc(-c8ccc([Si](CCC)(OCC)c9ccc(-c%10ccc(-c%11ccc(-c%12ccc([Si](CCC)(OCC)c%13ccc(-c%14ccc(-c%15ccc(-c%16cccs%16)s%15)s%14)s%13)s%12)s%11)s%10)s9)s8)s7)s6)s5)s4)s3)s2)s1. The Kier molecular flexibility index (Phi) is 28.2. The van der Waals surface area contributed by atoms with E-state index < -0.39 is 33.3 Å². The molecule has 4 atom stereocenters. The predicted octanol–water partition coefficient (Wildman–Crippen LogP) is 33.9. The fourth-order valence-corrected chi connectivity index (χ4v) is 63.5. The second-order valence-corrected chi connectivity index (χ2v) is 69.3. The van der Waals surface area contributed by atoms with Crippen LogP contribution < -0.4 is 36.0 Å². The van der Waals surface area contributed by atoms with Crippen molar-refractivity contribution < 1.29 is 17.7 Å². The molecule has 20 aromatic rings. The molecule has 0 spiro atoms. The van der Waals surface area contributed by atoms with Crippen LogP contribution in [-0.4, -0.2) is 59.7 Å². The molecule has 0 fully saturated rings. The van der Waals surface area contributed by atoms with Crippen molar-refractivity contribution in [1.29, 1.82) is 0 Å². The average Bonchev–Trinajstić information content (AvgIpc) is 1.62. The van der Waals surface area contributed by atoms with E-state index in [2.05, 4.69) is 309 Å². The van der Waals surface area contributed by atoms with Crippen LogP contribution in [0.5, 0.6) is 0 Å². The molecular formula is C100H90O4S20Si4. The number of hydrogen-bond acceptors (Lipinski definition) is 24. The molecule has 20 aromatic heterocycles. The van der Waals surface area contributed by atoms with Gasteiger partial charge in [-0.05, 0) is 293 Å². The lowest BCUT2D eigenvalue weighted by Gasteiger charge is -2.29. The molecule has 28 heteroatoms. The van der Waals surface area contributed by atoms with Crippen LogP contribution in [0.25, 0.3) is 146 Å². The van der Waals surface area contributed by atoms with Crippen molar-refractivity contribution in [3.8, 4) is 146 Å². The Bertz CT molecular complexity index is 6630. The Morgan fingerprint density at radius 2 is 0.281 bits per heavy atom. The summed E-state index contributed by atoms with van der Waals surface area (Å²) in [6.45, 7) is 20.8. The third-order valence-corrected chi connectivity index (χ3v) is 71.5. The van der Waals surface area contributed by atoms with Gasteiger partial charge in [0.2, 0.25) is 0 Å². The maximum absolute atomic E-state index is 7.22. The van der Waals surface area contributed by atoms with Gasteiger partial charge in [0.15, 0.2) is 0 Å². The minimum atomic E-state index is -2.59. The normalized spacial score (nSPS) is 13.9. The highest BCUT2D eigenvalue weighted by atomic mass is 32.2. The smallest absolute Gasteiger partial charge is 0.275 e. The van der Waals surface area contributed by atoms with Gasteiger partial charge in [0.25, 0.3) is 33.3 Å². The lowest BCUT2D eigenvalue weighted by molar-refractivity contribution is 0.338. The lowest BCUT2D eigenvalue weighted by atomic mass is 10.3. The Labute approximate surface area is 834 Å².